The van der Waals surface area contributed by atoms with E-state index in [0.29, 0.717) is 12.4 Å². The quantitative estimate of drug-likeness (QED) is 0.365. The Morgan fingerprint density at radius 2 is 2.05 bits per heavy atom. The summed E-state index contributed by atoms with van der Waals surface area (Å²) in [4.78, 5) is 10.1. The molecule has 0 aliphatic carbocycles. The molecule has 108 valence electrons. The van der Waals surface area contributed by atoms with Crippen LogP contribution in [0.4, 0.5) is 0 Å². The number of benzene rings is 1. The van der Waals surface area contributed by atoms with E-state index in [1.807, 2.05) is 48.2 Å². The van der Waals surface area contributed by atoms with Crippen molar-refractivity contribution in [2.75, 3.05) is 6.54 Å². The highest BCUT2D eigenvalue weighted by atomic mass is 15.2. The van der Waals surface area contributed by atoms with Gasteiger partial charge in [0.1, 0.15) is 5.84 Å². The first-order valence-electron chi connectivity index (χ1n) is 7.00. The van der Waals surface area contributed by atoms with E-state index in [0.717, 1.165) is 22.4 Å². The molecule has 0 aliphatic rings. The molecular formula is C18H18BN3. The maximum Gasteiger partial charge on any atom is 0.262 e. The molecule has 2 rings (SSSR count). The highest BCUT2D eigenvalue weighted by molar-refractivity contribution is 6.18. The minimum absolute atomic E-state index is 0.554. The Hall–Kier alpha value is -2.62. The number of rotatable bonds is 5. The zero-order valence-corrected chi connectivity index (χ0v) is 12.7. The molecule has 22 heavy (non-hydrogen) atoms. The first-order chi connectivity index (χ1) is 10.7. The Labute approximate surface area is 133 Å². The third-order valence-corrected chi connectivity index (χ3v) is 3.40. The average Bonchev–Trinajstić information content (AvgIpc) is 2.56. The van der Waals surface area contributed by atoms with Crippen molar-refractivity contribution in [2.45, 2.75) is 6.92 Å². The lowest BCUT2D eigenvalue weighted by Gasteiger charge is -2.28. The molecule has 0 spiro atoms. The fourth-order valence-electron chi connectivity index (χ4n) is 2.22. The van der Waals surface area contributed by atoms with Gasteiger partial charge in [0.2, 0.25) is 0 Å². The summed E-state index contributed by atoms with van der Waals surface area (Å²) in [5.41, 5.74) is 3.75. The maximum atomic E-state index is 5.66. The topological polar surface area (TPSA) is 28.5 Å². The standard InChI is InChI=1S/C18H18BN3/c1-4-12-22(15(3)16-8-6-5-7-9-16)18(21-19)17-13-20-11-10-14(17)2/h4-11,13H,1,3,12H2,2H3/b21-18-. The highest BCUT2D eigenvalue weighted by Crippen LogP contribution is 2.21. The summed E-state index contributed by atoms with van der Waals surface area (Å²) in [5.74, 6) is 0.624. The number of hydrogen-bond donors (Lipinski definition) is 0. The molecule has 0 fully saturated rings. The van der Waals surface area contributed by atoms with Gasteiger partial charge in [-0.2, -0.15) is 0 Å². The summed E-state index contributed by atoms with van der Waals surface area (Å²) in [6.45, 7) is 10.6. The van der Waals surface area contributed by atoms with Gasteiger partial charge in [0, 0.05) is 30.2 Å². The van der Waals surface area contributed by atoms with Crippen LogP contribution >= 0.6 is 0 Å². The molecule has 0 amide bonds. The molecular weight excluding hydrogens is 269 g/mol. The van der Waals surface area contributed by atoms with Crippen molar-refractivity contribution in [2.24, 2.45) is 4.90 Å². The molecule has 0 atom stereocenters. The highest BCUT2D eigenvalue weighted by Gasteiger charge is 2.17. The fourth-order valence-corrected chi connectivity index (χ4v) is 2.22. The van der Waals surface area contributed by atoms with Crippen LogP contribution in [-0.2, 0) is 0 Å². The lowest BCUT2D eigenvalue weighted by molar-refractivity contribution is 0.654. The van der Waals surface area contributed by atoms with E-state index in [-0.39, 0.29) is 0 Å². The summed E-state index contributed by atoms with van der Waals surface area (Å²) < 4.78 is 0. The number of aryl methyl sites for hydroxylation is 1. The first-order valence-corrected chi connectivity index (χ1v) is 7.00. The number of aromatic nitrogens is 1. The molecule has 1 aromatic carbocycles. The van der Waals surface area contributed by atoms with Crippen LogP contribution in [0.15, 0.2) is 72.9 Å². The fraction of sp³-hybridized carbons (Fsp3) is 0.111. The van der Waals surface area contributed by atoms with Gasteiger partial charge in [-0.3, -0.25) is 4.98 Å². The van der Waals surface area contributed by atoms with Gasteiger partial charge in [-0.15, -0.1) is 6.58 Å². The molecule has 2 aromatic rings. The summed E-state index contributed by atoms with van der Waals surface area (Å²) in [5, 5.41) is 0. The zero-order chi connectivity index (χ0) is 15.9. The minimum Gasteiger partial charge on any atom is -0.342 e. The molecule has 3 nitrogen and oxygen atoms in total. The molecule has 0 unspecified atom stereocenters. The Balaban J connectivity index is 2.44. The van der Waals surface area contributed by atoms with Gasteiger partial charge in [0.25, 0.3) is 7.98 Å². The Kier molecular flexibility index (Phi) is 5.31. The van der Waals surface area contributed by atoms with Crippen LogP contribution < -0.4 is 0 Å². The third kappa shape index (κ3) is 3.34. The molecule has 0 saturated heterocycles. The number of hydrogen-bond acceptors (Lipinski definition) is 2. The Morgan fingerprint density at radius 3 is 2.64 bits per heavy atom. The Morgan fingerprint density at radius 1 is 1.32 bits per heavy atom. The van der Waals surface area contributed by atoms with Crippen molar-refractivity contribution in [1.29, 1.82) is 0 Å². The minimum atomic E-state index is 0.554. The molecule has 0 bridgehead atoms. The normalized spacial score (nSPS) is 11.0. The van der Waals surface area contributed by atoms with Crippen LogP contribution in [0.1, 0.15) is 16.7 Å². The predicted molar refractivity (Wildman–Crippen MR) is 93.6 cm³/mol. The van der Waals surface area contributed by atoms with E-state index in [2.05, 4.69) is 23.0 Å². The van der Waals surface area contributed by atoms with E-state index < -0.39 is 0 Å². The van der Waals surface area contributed by atoms with Crippen LogP contribution in [0.2, 0.25) is 0 Å². The molecule has 0 aliphatic heterocycles. The summed E-state index contributed by atoms with van der Waals surface area (Å²) >= 11 is 0. The smallest absolute Gasteiger partial charge is 0.262 e. The summed E-state index contributed by atoms with van der Waals surface area (Å²) in [6.07, 6.45) is 5.30. The van der Waals surface area contributed by atoms with Gasteiger partial charge in [0.15, 0.2) is 0 Å². The van der Waals surface area contributed by atoms with Gasteiger partial charge < -0.3 is 9.80 Å². The molecule has 1 heterocycles. The van der Waals surface area contributed by atoms with Crippen molar-refractivity contribution >= 4 is 19.5 Å². The largest absolute Gasteiger partial charge is 0.342 e. The summed E-state index contributed by atoms with van der Waals surface area (Å²) in [6, 6.07) is 11.9. The Bertz CT molecular complexity index is 692. The van der Waals surface area contributed by atoms with Crippen molar-refractivity contribution in [3.05, 3.63) is 84.7 Å². The van der Waals surface area contributed by atoms with E-state index in [1.165, 1.54) is 0 Å². The van der Waals surface area contributed by atoms with Crippen LogP contribution in [0.25, 0.3) is 5.70 Å². The van der Waals surface area contributed by atoms with Crippen LogP contribution in [0.5, 0.6) is 0 Å². The molecule has 4 heteroatoms. The van der Waals surface area contributed by atoms with E-state index in [1.54, 1.807) is 18.5 Å². The van der Waals surface area contributed by atoms with Crippen molar-refractivity contribution in [1.82, 2.24) is 9.88 Å². The van der Waals surface area contributed by atoms with Gasteiger partial charge >= 0.3 is 0 Å². The van der Waals surface area contributed by atoms with Crippen LogP contribution in [0.3, 0.4) is 0 Å². The number of pyridine rings is 1. The van der Waals surface area contributed by atoms with Gasteiger partial charge in [0.05, 0.1) is 0 Å². The second-order valence-corrected chi connectivity index (χ2v) is 4.86. The molecule has 1 aromatic heterocycles. The maximum absolute atomic E-state index is 5.66. The number of amidine groups is 1. The van der Waals surface area contributed by atoms with Gasteiger partial charge in [-0.1, -0.05) is 43.0 Å². The SMILES string of the molecule is [B]/N=C(/c1cnccc1C)N(CC=C)C(=C)c1ccccc1. The second-order valence-electron chi connectivity index (χ2n) is 4.86. The van der Waals surface area contributed by atoms with Crippen LogP contribution in [0, 0.1) is 6.92 Å². The lowest BCUT2D eigenvalue weighted by Crippen LogP contribution is -2.31. The van der Waals surface area contributed by atoms with Crippen molar-refractivity contribution in [3.63, 3.8) is 0 Å². The van der Waals surface area contributed by atoms with Crippen LogP contribution in [-0.4, -0.2) is 30.2 Å². The monoisotopic (exact) mass is 287 g/mol. The van der Waals surface area contributed by atoms with E-state index in [4.69, 9.17) is 7.98 Å². The van der Waals surface area contributed by atoms with E-state index in [9.17, 15) is 0 Å². The van der Waals surface area contributed by atoms with Gasteiger partial charge in [-0.05, 0) is 24.1 Å². The molecule has 0 N–H and O–H groups in total. The third-order valence-electron chi connectivity index (χ3n) is 3.40. The van der Waals surface area contributed by atoms with Gasteiger partial charge in [-0.25, -0.2) is 0 Å². The van der Waals surface area contributed by atoms with E-state index >= 15 is 0 Å². The summed E-state index contributed by atoms with van der Waals surface area (Å²) in [7, 11) is 5.66. The first kappa shape index (κ1) is 15.8. The molecule has 0 saturated carbocycles. The number of nitrogens with zero attached hydrogens (tertiary/aromatic N) is 3. The van der Waals surface area contributed by atoms with Crippen molar-refractivity contribution in [3.8, 4) is 0 Å². The lowest BCUT2D eigenvalue weighted by atomic mass is 10.1. The second kappa shape index (κ2) is 7.41. The van der Waals surface area contributed by atoms with Crippen molar-refractivity contribution < 1.29 is 0 Å². The average molecular weight is 287 g/mol. The zero-order valence-electron chi connectivity index (χ0n) is 12.7. The predicted octanol–water partition coefficient (Wildman–Crippen LogP) is 3.38. The molecule has 2 radical (unpaired) electrons.